The lowest BCUT2D eigenvalue weighted by Crippen LogP contribution is -2.46. The van der Waals surface area contributed by atoms with Gasteiger partial charge in [-0.2, -0.15) is 0 Å². The van der Waals surface area contributed by atoms with E-state index in [9.17, 15) is 9.59 Å². The average molecular weight is 624 g/mol. The number of carbonyl (C=O) groups is 2. The number of benzene rings is 3. The molecule has 3 aromatic carbocycles. The van der Waals surface area contributed by atoms with E-state index >= 15 is 0 Å². The maximum atomic E-state index is 13.4. The number of nitrogens with zero attached hydrogens (tertiary/aromatic N) is 3. The van der Waals surface area contributed by atoms with Crippen molar-refractivity contribution in [3.63, 3.8) is 0 Å². The van der Waals surface area contributed by atoms with Gasteiger partial charge in [0.1, 0.15) is 0 Å². The van der Waals surface area contributed by atoms with Crippen LogP contribution in [-0.4, -0.2) is 59.5 Å². The van der Waals surface area contributed by atoms with Gasteiger partial charge in [0.15, 0.2) is 0 Å². The number of anilines is 1. The summed E-state index contributed by atoms with van der Waals surface area (Å²) in [6.45, 7) is 10.0. The summed E-state index contributed by atoms with van der Waals surface area (Å²) in [5.74, 6) is -0.0354. The molecular formula is C37H45N5O2S. The predicted octanol–water partition coefficient (Wildman–Crippen LogP) is 7.59. The number of rotatable bonds is 12. The van der Waals surface area contributed by atoms with Gasteiger partial charge in [-0.25, -0.2) is 0 Å². The van der Waals surface area contributed by atoms with Crippen LogP contribution in [0.3, 0.4) is 0 Å². The molecule has 2 unspecified atom stereocenters. The minimum atomic E-state index is -0.101. The maximum Gasteiger partial charge on any atom is 0.253 e. The topological polar surface area (TPSA) is 77.0 Å². The molecule has 2 amide bonds. The van der Waals surface area contributed by atoms with Crippen LogP contribution in [0.15, 0.2) is 102 Å². The third-order valence-corrected chi connectivity index (χ3v) is 10.2. The van der Waals surface area contributed by atoms with E-state index in [0.717, 1.165) is 74.4 Å². The Labute approximate surface area is 272 Å². The summed E-state index contributed by atoms with van der Waals surface area (Å²) < 4.78 is 2.72. The fourth-order valence-electron chi connectivity index (χ4n) is 6.81. The number of para-hydroxylation sites is 2. The molecule has 5 rings (SSSR count). The van der Waals surface area contributed by atoms with Crippen LogP contribution in [0.2, 0.25) is 0 Å². The second-order valence-corrected chi connectivity index (χ2v) is 13.0. The molecule has 8 heteroatoms. The van der Waals surface area contributed by atoms with Gasteiger partial charge in [-0.05, 0) is 106 Å². The van der Waals surface area contributed by atoms with Crippen molar-refractivity contribution in [1.82, 2.24) is 14.5 Å². The van der Waals surface area contributed by atoms with E-state index in [1.54, 1.807) is 0 Å². The Morgan fingerprint density at radius 1 is 1.02 bits per heavy atom. The molecule has 1 saturated heterocycles. The molecule has 3 aromatic rings. The fraction of sp³-hybridized carbons (Fsp3) is 0.378. The second kappa shape index (κ2) is 15.3. The van der Waals surface area contributed by atoms with E-state index in [1.807, 2.05) is 54.6 Å². The first-order valence-electron chi connectivity index (χ1n) is 16.0. The molecule has 1 heterocycles. The molecule has 1 saturated carbocycles. The third kappa shape index (κ3) is 8.17. The number of carbonyl (C=O) groups excluding carboxylic acids is 2. The normalized spacial score (nSPS) is 19.3. The highest BCUT2D eigenvalue weighted by atomic mass is 32.2. The minimum Gasteiger partial charge on any atom is -0.380 e. The summed E-state index contributed by atoms with van der Waals surface area (Å²) >= 11 is 1.26. The van der Waals surface area contributed by atoms with Crippen molar-refractivity contribution in [1.29, 1.82) is 0 Å². The van der Waals surface area contributed by atoms with Gasteiger partial charge in [-0.3, -0.25) is 19.3 Å². The summed E-state index contributed by atoms with van der Waals surface area (Å²) in [6, 6.07) is 27.4. The second-order valence-electron chi connectivity index (χ2n) is 12.1. The number of aliphatic imine (C=N–C) groups is 1. The number of piperidine rings is 1. The molecule has 1 aliphatic carbocycles. The standard InChI is InChI=1S/C37H45N5O2S/c1-4-38-34-13-9-10-14-35(34)39-31-17-18-32(27-31)41(5-2)24-21-37(30-11-7-6-8-12-30)22-25-42(26-23-37)36(44)29-15-19-33(20-16-29)45-40-28(3)43/h4-16,19-20,31-32,39H,2,17-18,21-27H2,1,3H3,(H,40,43). The van der Waals surface area contributed by atoms with Gasteiger partial charge in [0.05, 0.1) is 11.4 Å². The lowest BCUT2D eigenvalue weighted by molar-refractivity contribution is -0.117. The maximum absolute atomic E-state index is 13.4. The highest BCUT2D eigenvalue weighted by molar-refractivity contribution is 7.98. The molecule has 0 aromatic heterocycles. The van der Waals surface area contributed by atoms with Crippen LogP contribution < -0.4 is 10.0 Å². The molecule has 2 fully saturated rings. The summed E-state index contributed by atoms with van der Waals surface area (Å²) in [5, 5.41) is 3.75. The van der Waals surface area contributed by atoms with Crippen molar-refractivity contribution < 1.29 is 9.59 Å². The minimum absolute atomic E-state index is 0.00547. The van der Waals surface area contributed by atoms with Gasteiger partial charge in [0.2, 0.25) is 5.91 Å². The zero-order chi connectivity index (χ0) is 31.6. The van der Waals surface area contributed by atoms with Crippen LogP contribution in [0.1, 0.15) is 68.3 Å². The van der Waals surface area contributed by atoms with Crippen LogP contribution >= 0.6 is 11.9 Å². The quantitative estimate of drug-likeness (QED) is 0.161. The summed E-state index contributed by atoms with van der Waals surface area (Å²) in [7, 11) is 0. The van der Waals surface area contributed by atoms with E-state index in [2.05, 4.69) is 75.0 Å². The van der Waals surface area contributed by atoms with Crippen LogP contribution in [-0.2, 0) is 10.2 Å². The molecule has 0 spiro atoms. The molecule has 7 nitrogen and oxygen atoms in total. The largest absolute Gasteiger partial charge is 0.380 e. The van der Waals surface area contributed by atoms with E-state index in [4.69, 9.17) is 0 Å². The lowest BCUT2D eigenvalue weighted by atomic mass is 9.70. The monoisotopic (exact) mass is 623 g/mol. The van der Waals surface area contributed by atoms with Gasteiger partial charge in [0, 0.05) is 60.7 Å². The number of nitrogens with one attached hydrogen (secondary N) is 2. The Bertz CT molecular complexity index is 1470. The molecule has 2 N–H and O–H groups in total. The number of likely N-dealkylation sites (tertiary alicyclic amines) is 1. The highest BCUT2D eigenvalue weighted by Gasteiger charge is 2.38. The highest BCUT2D eigenvalue weighted by Crippen LogP contribution is 2.40. The smallest absolute Gasteiger partial charge is 0.253 e. The Kier molecular flexibility index (Phi) is 11.0. The van der Waals surface area contributed by atoms with Crippen molar-refractivity contribution >= 4 is 41.4 Å². The fourth-order valence-corrected chi connectivity index (χ4v) is 7.35. The first-order chi connectivity index (χ1) is 21.9. The van der Waals surface area contributed by atoms with E-state index in [0.29, 0.717) is 17.6 Å². The van der Waals surface area contributed by atoms with E-state index in [1.165, 1.54) is 24.4 Å². The number of amides is 2. The molecule has 0 bridgehead atoms. The molecule has 2 aliphatic rings. The predicted molar refractivity (Wildman–Crippen MR) is 186 cm³/mol. The third-order valence-electron chi connectivity index (χ3n) is 9.30. The molecule has 1 aliphatic heterocycles. The first-order valence-corrected chi connectivity index (χ1v) is 16.8. The zero-order valence-corrected chi connectivity index (χ0v) is 27.3. The van der Waals surface area contributed by atoms with Gasteiger partial charge < -0.3 is 15.1 Å². The number of hydrogen-bond donors (Lipinski definition) is 2. The Morgan fingerprint density at radius 3 is 2.42 bits per heavy atom. The molecule has 2 atom stereocenters. The van der Waals surface area contributed by atoms with Crippen molar-refractivity contribution in [3.8, 4) is 0 Å². The van der Waals surface area contributed by atoms with Gasteiger partial charge in [0.25, 0.3) is 5.91 Å². The molecular weight excluding hydrogens is 579 g/mol. The summed E-state index contributed by atoms with van der Waals surface area (Å²) in [4.78, 5) is 34.5. The molecule has 0 radical (unpaired) electrons. The summed E-state index contributed by atoms with van der Waals surface area (Å²) in [5.41, 5.74) is 4.12. The van der Waals surface area contributed by atoms with Crippen molar-refractivity contribution in [2.45, 2.75) is 74.8 Å². The van der Waals surface area contributed by atoms with Crippen LogP contribution in [0.4, 0.5) is 11.4 Å². The molecule has 45 heavy (non-hydrogen) atoms. The van der Waals surface area contributed by atoms with Crippen molar-refractivity contribution in [3.05, 3.63) is 103 Å². The van der Waals surface area contributed by atoms with Crippen LogP contribution in [0, 0.1) is 0 Å². The van der Waals surface area contributed by atoms with Crippen molar-refractivity contribution in [2.75, 3.05) is 25.0 Å². The SMILES string of the molecule is C=CN(CCC1(c2ccccc2)CCN(C(=O)c2ccc(SNC(C)=O)cc2)CC1)C1CCC(Nc2ccccc2N=CC)C1. The summed E-state index contributed by atoms with van der Waals surface area (Å²) in [6.07, 6.45) is 10.1. The van der Waals surface area contributed by atoms with Gasteiger partial charge in [-0.1, -0.05) is 49.0 Å². The van der Waals surface area contributed by atoms with Crippen molar-refractivity contribution in [2.24, 2.45) is 4.99 Å². The van der Waals surface area contributed by atoms with Gasteiger partial charge in [-0.15, -0.1) is 0 Å². The van der Waals surface area contributed by atoms with Gasteiger partial charge >= 0.3 is 0 Å². The molecule has 236 valence electrons. The van der Waals surface area contributed by atoms with E-state index < -0.39 is 0 Å². The Hall–Kier alpha value is -4.04. The van der Waals surface area contributed by atoms with Crippen LogP contribution in [0.25, 0.3) is 0 Å². The lowest BCUT2D eigenvalue weighted by Gasteiger charge is -2.44. The van der Waals surface area contributed by atoms with E-state index in [-0.39, 0.29) is 17.2 Å². The zero-order valence-electron chi connectivity index (χ0n) is 26.5. The van der Waals surface area contributed by atoms with Crippen LogP contribution in [0.5, 0.6) is 0 Å². The number of hydrogen-bond acceptors (Lipinski definition) is 6. The average Bonchev–Trinajstić information content (AvgIpc) is 3.54. The first kappa shape index (κ1) is 32.4. The Balaban J connectivity index is 1.21. The Morgan fingerprint density at radius 2 is 1.73 bits per heavy atom.